The molecule has 2 atom stereocenters. The van der Waals surface area contributed by atoms with Crippen LogP contribution >= 0.6 is 0 Å². The van der Waals surface area contributed by atoms with Gasteiger partial charge in [0.2, 0.25) is 15.9 Å². The highest BCUT2D eigenvalue weighted by Crippen LogP contribution is 2.26. The number of hydrogen-bond acceptors (Lipinski definition) is 5. The summed E-state index contributed by atoms with van der Waals surface area (Å²) in [4.78, 5) is 25.7. The molecule has 2 unspecified atom stereocenters. The fourth-order valence-electron chi connectivity index (χ4n) is 4.26. The molecule has 0 aliphatic carbocycles. The van der Waals surface area contributed by atoms with Crippen LogP contribution in [-0.2, 0) is 19.6 Å². The molecule has 2 aromatic carbocycles. The van der Waals surface area contributed by atoms with Crippen LogP contribution in [0.2, 0.25) is 0 Å². The molecule has 2 aliphatic rings. The number of benzene rings is 2. The highest BCUT2D eigenvalue weighted by Gasteiger charge is 2.33. The van der Waals surface area contributed by atoms with E-state index in [4.69, 9.17) is 4.74 Å². The molecule has 0 saturated carbocycles. The summed E-state index contributed by atoms with van der Waals surface area (Å²) in [7, 11) is -3.84. The van der Waals surface area contributed by atoms with Crippen LogP contribution in [0.1, 0.15) is 36.0 Å². The van der Waals surface area contributed by atoms with Crippen LogP contribution in [0, 0.1) is 11.7 Å². The van der Waals surface area contributed by atoms with Gasteiger partial charge in [0, 0.05) is 26.2 Å². The fourth-order valence-corrected chi connectivity index (χ4v) is 5.79. The third kappa shape index (κ3) is 5.63. The molecule has 34 heavy (non-hydrogen) atoms. The van der Waals surface area contributed by atoms with Crippen molar-refractivity contribution in [1.82, 2.24) is 9.62 Å². The van der Waals surface area contributed by atoms with Crippen LogP contribution in [-0.4, -0.2) is 56.9 Å². The van der Waals surface area contributed by atoms with Crippen molar-refractivity contribution in [3.05, 3.63) is 59.9 Å². The van der Waals surface area contributed by atoms with E-state index in [2.05, 4.69) is 10.6 Å². The van der Waals surface area contributed by atoms with Crippen molar-refractivity contribution in [2.45, 2.75) is 36.7 Å². The standard InChI is InChI=1S/C24H28FN3O5S/c25-18-9-11-20(12-10-18)34(31,32)28-13-3-5-17(16-28)23(29)27-22-8-2-1-7-21(22)24(30)26-15-19-6-4-14-33-19/h1-2,7-12,17,19H,3-6,13-16H2,(H,26,30)(H,27,29). The van der Waals surface area contributed by atoms with Gasteiger partial charge in [-0.15, -0.1) is 0 Å². The number of carbonyl (C=O) groups is 2. The number of sulfonamides is 1. The number of rotatable bonds is 7. The smallest absolute Gasteiger partial charge is 0.253 e. The summed E-state index contributed by atoms with van der Waals surface area (Å²) < 4.78 is 45.9. The van der Waals surface area contributed by atoms with Gasteiger partial charge < -0.3 is 15.4 Å². The van der Waals surface area contributed by atoms with E-state index in [1.165, 1.54) is 16.4 Å². The normalized spacial score (nSPS) is 21.2. The Morgan fingerprint density at radius 1 is 1.06 bits per heavy atom. The van der Waals surface area contributed by atoms with Gasteiger partial charge in [0.1, 0.15) is 5.82 Å². The highest BCUT2D eigenvalue weighted by atomic mass is 32.2. The molecule has 0 bridgehead atoms. The second-order valence-electron chi connectivity index (χ2n) is 8.54. The van der Waals surface area contributed by atoms with E-state index in [1.54, 1.807) is 24.3 Å². The Hall–Kier alpha value is -2.82. The van der Waals surface area contributed by atoms with E-state index in [-0.39, 0.29) is 35.9 Å². The number of para-hydroxylation sites is 1. The summed E-state index contributed by atoms with van der Waals surface area (Å²) in [6, 6.07) is 11.4. The number of halogens is 1. The van der Waals surface area contributed by atoms with Crippen molar-refractivity contribution in [3.8, 4) is 0 Å². The molecular formula is C24H28FN3O5S. The van der Waals surface area contributed by atoms with Crippen LogP contribution < -0.4 is 10.6 Å². The van der Waals surface area contributed by atoms with Gasteiger partial charge in [0.05, 0.1) is 28.2 Å². The van der Waals surface area contributed by atoms with E-state index in [0.29, 0.717) is 37.2 Å². The number of carbonyl (C=O) groups excluding carboxylic acids is 2. The van der Waals surface area contributed by atoms with Crippen molar-refractivity contribution >= 4 is 27.5 Å². The Kier molecular flexibility index (Phi) is 7.60. The average molecular weight is 490 g/mol. The summed E-state index contributed by atoms with van der Waals surface area (Å²) in [6.45, 7) is 1.40. The molecule has 2 saturated heterocycles. The Balaban J connectivity index is 1.41. The van der Waals surface area contributed by atoms with E-state index in [0.717, 1.165) is 25.0 Å². The SMILES string of the molecule is O=C(NCC1CCCO1)c1ccccc1NC(=O)C1CCCN(S(=O)(=O)c2ccc(F)cc2)C1. The first kappa shape index (κ1) is 24.3. The fraction of sp³-hybridized carbons (Fsp3) is 0.417. The second kappa shape index (κ2) is 10.6. The summed E-state index contributed by atoms with van der Waals surface area (Å²) in [5.41, 5.74) is 0.705. The molecule has 4 rings (SSSR count). The van der Waals surface area contributed by atoms with Gasteiger partial charge in [-0.3, -0.25) is 9.59 Å². The van der Waals surface area contributed by atoms with Crippen molar-refractivity contribution < 1.29 is 27.1 Å². The summed E-state index contributed by atoms with van der Waals surface area (Å²) in [6.07, 6.45) is 2.92. The number of anilines is 1. The molecule has 10 heteroatoms. The second-order valence-corrected chi connectivity index (χ2v) is 10.5. The van der Waals surface area contributed by atoms with Crippen LogP contribution in [0.15, 0.2) is 53.4 Å². The minimum atomic E-state index is -3.84. The largest absolute Gasteiger partial charge is 0.376 e. The van der Waals surface area contributed by atoms with Crippen molar-refractivity contribution in [2.75, 3.05) is 31.6 Å². The van der Waals surface area contributed by atoms with Gasteiger partial charge in [0.15, 0.2) is 0 Å². The number of ether oxygens (including phenoxy) is 1. The lowest BCUT2D eigenvalue weighted by Gasteiger charge is -2.31. The van der Waals surface area contributed by atoms with Crippen molar-refractivity contribution in [2.24, 2.45) is 5.92 Å². The molecule has 2 amide bonds. The van der Waals surface area contributed by atoms with Crippen LogP contribution in [0.5, 0.6) is 0 Å². The number of nitrogens with one attached hydrogen (secondary N) is 2. The molecular weight excluding hydrogens is 461 g/mol. The lowest BCUT2D eigenvalue weighted by molar-refractivity contribution is -0.120. The monoisotopic (exact) mass is 489 g/mol. The van der Waals surface area contributed by atoms with Crippen molar-refractivity contribution in [1.29, 1.82) is 0 Å². The number of amides is 2. The van der Waals surface area contributed by atoms with Gasteiger partial charge in [-0.2, -0.15) is 4.31 Å². The first-order chi connectivity index (χ1) is 16.3. The lowest BCUT2D eigenvalue weighted by atomic mass is 9.98. The molecule has 2 heterocycles. The molecule has 2 N–H and O–H groups in total. The van der Waals surface area contributed by atoms with Gasteiger partial charge in [-0.1, -0.05) is 12.1 Å². The van der Waals surface area contributed by atoms with Gasteiger partial charge in [-0.25, -0.2) is 12.8 Å². The lowest BCUT2D eigenvalue weighted by Crippen LogP contribution is -2.43. The van der Waals surface area contributed by atoms with Gasteiger partial charge >= 0.3 is 0 Å². The number of hydrogen-bond donors (Lipinski definition) is 2. The zero-order chi connectivity index (χ0) is 24.1. The Morgan fingerprint density at radius 3 is 2.56 bits per heavy atom. The molecule has 0 aromatic heterocycles. The van der Waals surface area contributed by atoms with E-state index in [9.17, 15) is 22.4 Å². The summed E-state index contributed by atoms with van der Waals surface area (Å²) in [5.74, 6) is -1.76. The Labute approximate surface area is 198 Å². The zero-order valence-electron chi connectivity index (χ0n) is 18.7. The number of nitrogens with zero attached hydrogens (tertiary/aromatic N) is 1. The third-order valence-corrected chi connectivity index (χ3v) is 8.03. The number of piperidine rings is 1. The molecule has 2 aliphatic heterocycles. The maximum atomic E-state index is 13.2. The third-order valence-electron chi connectivity index (χ3n) is 6.15. The van der Waals surface area contributed by atoms with E-state index in [1.807, 2.05) is 0 Å². The van der Waals surface area contributed by atoms with Gasteiger partial charge in [0.25, 0.3) is 5.91 Å². The molecule has 2 fully saturated rings. The summed E-state index contributed by atoms with van der Waals surface area (Å²) >= 11 is 0. The quantitative estimate of drug-likeness (QED) is 0.622. The van der Waals surface area contributed by atoms with Crippen LogP contribution in [0.4, 0.5) is 10.1 Å². The zero-order valence-corrected chi connectivity index (χ0v) is 19.5. The molecule has 8 nitrogen and oxygen atoms in total. The van der Waals surface area contributed by atoms with Crippen LogP contribution in [0.25, 0.3) is 0 Å². The summed E-state index contributed by atoms with van der Waals surface area (Å²) in [5, 5.41) is 5.66. The Bertz CT molecular complexity index is 1130. The molecule has 182 valence electrons. The first-order valence-electron chi connectivity index (χ1n) is 11.4. The minimum absolute atomic E-state index is 0.00183. The van der Waals surface area contributed by atoms with Crippen LogP contribution in [0.3, 0.4) is 0 Å². The maximum Gasteiger partial charge on any atom is 0.253 e. The predicted octanol–water partition coefficient (Wildman–Crippen LogP) is 2.77. The predicted molar refractivity (Wildman–Crippen MR) is 124 cm³/mol. The topological polar surface area (TPSA) is 105 Å². The van der Waals surface area contributed by atoms with E-state index >= 15 is 0 Å². The van der Waals surface area contributed by atoms with Crippen molar-refractivity contribution in [3.63, 3.8) is 0 Å². The molecule has 2 aromatic rings. The van der Waals surface area contributed by atoms with E-state index < -0.39 is 21.8 Å². The highest BCUT2D eigenvalue weighted by molar-refractivity contribution is 7.89. The molecule has 0 spiro atoms. The molecule has 0 radical (unpaired) electrons. The van der Waals surface area contributed by atoms with Gasteiger partial charge in [-0.05, 0) is 62.1 Å². The first-order valence-corrected chi connectivity index (χ1v) is 12.8. The minimum Gasteiger partial charge on any atom is -0.376 e. The maximum absolute atomic E-state index is 13.2. The Morgan fingerprint density at radius 2 is 1.82 bits per heavy atom. The average Bonchev–Trinajstić information content (AvgIpc) is 3.37.